The minimum absolute atomic E-state index is 0.0223. The second kappa shape index (κ2) is 12.6. The molecule has 0 radical (unpaired) electrons. The van der Waals surface area contributed by atoms with Crippen LogP contribution < -0.4 is 4.74 Å². The van der Waals surface area contributed by atoms with Crippen molar-refractivity contribution in [2.24, 2.45) is 5.92 Å². The molecule has 6 nitrogen and oxygen atoms in total. The number of hydrogen-bond donors (Lipinski definition) is 0. The lowest BCUT2D eigenvalue weighted by Gasteiger charge is -2.26. The Hall–Kier alpha value is -2.08. The summed E-state index contributed by atoms with van der Waals surface area (Å²) in [5.41, 5.74) is 0.602. The third-order valence-electron chi connectivity index (χ3n) is 7.78. The highest BCUT2D eigenvalue weighted by Gasteiger charge is 2.38. The van der Waals surface area contributed by atoms with Crippen molar-refractivity contribution in [1.82, 2.24) is 9.80 Å². The Labute approximate surface area is 205 Å². The van der Waals surface area contributed by atoms with Gasteiger partial charge >= 0.3 is 0 Å². The first kappa shape index (κ1) is 25.0. The highest BCUT2D eigenvalue weighted by Crippen LogP contribution is 2.31. The van der Waals surface area contributed by atoms with E-state index in [0.29, 0.717) is 44.0 Å². The molecule has 6 heteroatoms. The van der Waals surface area contributed by atoms with E-state index in [1.165, 1.54) is 32.1 Å². The summed E-state index contributed by atoms with van der Waals surface area (Å²) < 4.78 is 12.7. The number of fused-ring (bicyclic) bond motifs is 2. The van der Waals surface area contributed by atoms with Gasteiger partial charge in [0.1, 0.15) is 18.0 Å². The monoisotopic (exact) mass is 470 g/mol. The second-order valence-corrected chi connectivity index (χ2v) is 10.2. The molecule has 4 rings (SSSR count). The summed E-state index contributed by atoms with van der Waals surface area (Å²) in [6.45, 7) is 5.29. The van der Waals surface area contributed by atoms with E-state index in [4.69, 9.17) is 9.47 Å². The standard InChI is InChI=1S/C28H42N2O4/c1-2-29-18-9-5-3-4-6-10-19-33-25-20-30(27(31)17-16-22-12-11-13-22)21-26(25)34-24-15-8-7-14-23(24)28(29)32/h7-8,14-15,22,25-26H,2-6,9-13,16-21H2,1H3/t25-,26-/m1/s1. The molecule has 1 aliphatic carbocycles. The smallest absolute Gasteiger partial charge is 0.257 e. The van der Waals surface area contributed by atoms with Crippen LogP contribution in [0, 0.1) is 5.92 Å². The van der Waals surface area contributed by atoms with Crippen molar-refractivity contribution in [2.75, 3.05) is 32.8 Å². The van der Waals surface area contributed by atoms with Crippen molar-refractivity contribution in [1.29, 1.82) is 0 Å². The van der Waals surface area contributed by atoms with Gasteiger partial charge in [-0.25, -0.2) is 0 Å². The van der Waals surface area contributed by atoms with Gasteiger partial charge in [0.2, 0.25) is 5.91 Å². The zero-order valence-corrected chi connectivity index (χ0v) is 20.9. The summed E-state index contributed by atoms with van der Waals surface area (Å²) in [6.07, 6.45) is 11.8. The largest absolute Gasteiger partial charge is 0.485 e. The molecule has 2 aliphatic heterocycles. The summed E-state index contributed by atoms with van der Waals surface area (Å²) in [4.78, 5) is 30.2. The first-order valence-corrected chi connectivity index (χ1v) is 13.6. The molecule has 0 aromatic heterocycles. The Balaban J connectivity index is 1.48. The van der Waals surface area contributed by atoms with Gasteiger partial charge in [0.15, 0.2) is 0 Å². The molecular weight excluding hydrogens is 428 g/mol. The molecule has 1 saturated carbocycles. The number of nitrogens with zero attached hydrogens (tertiary/aromatic N) is 2. The number of para-hydroxylation sites is 1. The molecule has 0 bridgehead atoms. The molecule has 0 spiro atoms. The average Bonchev–Trinajstić information content (AvgIpc) is 3.21. The van der Waals surface area contributed by atoms with Crippen LogP contribution in [-0.2, 0) is 9.53 Å². The summed E-state index contributed by atoms with van der Waals surface area (Å²) >= 11 is 0. The fourth-order valence-electron chi connectivity index (χ4n) is 5.32. The van der Waals surface area contributed by atoms with Gasteiger partial charge in [-0.1, -0.05) is 57.1 Å². The van der Waals surface area contributed by atoms with Gasteiger partial charge in [-0.05, 0) is 44.2 Å². The van der Waals surface area contributed by atoms with E-state index in [9.17, 15) is 9.59 Å². The van der Waals surface area contributed by atoms with Gasteiger partial charge in [0.05, 0.1) is 18.7 Å². The molecule has 2 fully saturated rings. The second-order valence-electron chi connectivity index (χ2n) is 10.2. The number of rotatable bonds is 4. The summed E-state index contributed by atoms with van der Waals surface area (Å²) in [5, 5.41) is 0. The highest BCUT2D eigenvalue weighted by atomic mass is 16.5. The molecule has 2 amide bonds. The fraction of sp³-hybridized carbons (Fsp3) is 0.714. The molecule has 3 aliphatic rings. The number of likely N-dealkylation sites (tertiary alicyclic amines) is 1. The van der Waals surface area contributed by atoms with Crippen LogP contribution in [0.4, 0.5) is 0 Å². The first-order chi connectivity index (χ1) is 16.7. The van der Waals surface area contributed by atoms with Gasteiger partial charge in [0, 0.05) is 26.1 Å². The highest BCUT2D eigenvalue weighted by molar-refractivity contribution is 5.97. The van der Waals surface area contributed by atoms with Crippen LogP contribution in [-0.4, -0.2) is 66.6 Å². The Morgan fingerprint density at radius 1 is 0.971 bits per heavy atom. The average molecular weight is 471 g/mol. The molecule has 1 aromatic carbocycles. The Morgan fingerprint density at radius 3 is 2.47 bits per heavy atom. The summed E-state index contributed by atoms with van der Waals surface area (Å²) in [7, 11) is 0. The number of carbonyl (C=O) groups excluding carboxylic acids is 2. The minimum Gasteiger partial charge on any atom is -0.485 e. The lowest BCUT2D eigenvalue weighted by atomic mass is 9.82. The third kappa shape index (κ3) is 6.53. The number of benzene rings is 1. The van der Waals surface area contributed by atoms with E-state index in [-0.39, 0.29) is 24.0 Å². The van der Waals surface area contributed by atoms with E-state index in [1.54, 1.807) is 0 Å². The Bertz CT molecular complexity index is 809. The van der Waals surface area contributed by atoms with Gasteiger partial charge in [0.25, 0.3) is 5.91 Å². The number of hydrogen-bond acceptors (Lipinski definition) is 4. The van der Waals surface area contributed by atoms with Crippen molar-refractivity contribution < 1.29 is 19.1 Å². The van der Waals surface area contributed by atoms with Crippen LogP contribution in [0.3, 0.4) is 0 Å². The zero-order valence-electron chi connectivity index (χ0n) is 20.9. The van der Waals surface area contributed by atoms with Crippen LogP contribution in [0.15, 0.2) is 24.3 Å². The molecule has 2 heterocycles. The Morgan fingerprint density at radius 2 is 1.71 bits per heavy atom. The number of amides is 2. The molecular formula is C28H42N2O4. The van der Waals surface area contributed by atoms with E-state index < -0.39 is 0 Å². The number of carbonyl (C=O) groups is 2. The lowest BCUT2D eigenvalue weighted by Crippen LogP contribution is -2.35. The van der Waals surface area contributed by atoms with Gasteiger partial charge in [-0.2, -0.15) is 0 Å². The van der Waals surface area contributed by atoms with Crippen LogP contribution in [0.5, 0.6) is 5.75 Å². The van der Waals surface area contributed by atoms with Gasteiger partial charge in [-0.15, -0.1) is 0 Å². The number of ether oxygens (including phenoxy) is 2. The maximum atomic E-state index is 13.4. The summed E-state index contributed by atoms with van der Waals surface area (Å²) in [5.74, 6) is 1.56. The SMILES string of the molecule is CCN1CCCCCCCCO[C@@H]2CN(C(=O)CCC3CCC3)C[C@H]2Oc2ccccc2C1=O. The lowest BCUT2D eigenvalue weighted by molar-refractivity contribution is -0.131. The van der Waals surface area contributed by atoms with Crippen molar-refractivity contribution in [3.63, 3.8) is 0 Å². The van der Waals surface area contributed by atoms with Crippen LogP contribution in [0.2, 0.25) is 0 Å². The molecule has 34 heavy (non-hydrogen) atoms. The maximum Gasteiger partial charge on any atom is 0.257 e. The van der Waals surface area contributed by atoms with Gasteiger partial charge < -0.3 is 19.3 Å². The maximum absolute atomic E-state index is 13.4. The molecule has 1 saturated heterocycles. The van der Waals surface area contributed by atoms with Crippen molar-refractivity contribution in [3.05, 3.63) is 29.8 Å². The summed E-state index contributed by atoms with van der Waals surface area (Å²) in [6, 6.07) is 7.54. The van der Waals surface area contributed by atoms with E-state index >= 15 is 0 Å². The quantitative estimate of drug-likeness (QED) is 0.617. The predicted molar refractivity (Wildman–Crippen MR) is 133 cm³/mol. The zero-order chi connectivity index (χ0) is 23.8. The fourth-order valence-corrected chi connectivity index (χ4v) is 5.32. The molecule has 2 atom stereocenters. The van der Waals surface area contributed by atoms with Crippen LogP contribution in [0.25, 0.3) is 0 Å². The minimum atomic E-state index is -0.260. The van der Waals surface area contributed by atoms with E-state index in [1.807, 2.05) is 41.0 Å². The van der Waals surface area contributed by atoms with Gasteiger partial charge in [-0.3, -0.25) is 9.59 Å². The molecule has 0 unspecified atom stereocenters. The Kier molecular flexibility index (Phi) is 9.25. The first-order valence-electron chi connectivity index (χ1n) is 13.6. The van der Waals surface area contributed by atoms with E-state index in [2.05, 4.69) is 0 Å². The predicted octanol–water partition coefficient (Wildman–Crippen LogP) is 5.06. The topological polar surface area (TPSA) is 59.1 Å². The molecule has 188 valence electrons. The van der Waals surface area contributed by atoms with Crippen LogP contribution >= 0.6 is 0 Å². The van der Waals surface area contributed by atoms with E-state index in [0.717, 1.165) is 44.6 Å². The van der Waals surface area contributed by atoms with Crippen molar-refractivity contribution in [2.45, 2.75) is 89.8 Å². The normalized spacial score (nSPS) is 25.3. The van der Waals surface area contributed by atoms with Crippen molar-refractivity contribution in [3.8, 4) is 5.75 Å². The molecule has 1 aromatic rings. The third-order valence-corrected chi connectivity index (χ3v) is 7.78. The molecule has 0 N–H and O–H groups in total. The van der Waals surface area contributed by atoms with Crippen molar-refractivity contribution >= 4 is 11.8 Å². The van der Waals surface area contributed by atoms with Crippen LogP contribution in [0.1, 0.15) is 87.9 Å².